The molecule has 0 saturated heterocycles. The van der Waals surface area contributed by atoms with Gasteiger partial charge in [0.25, 0.3) is 5.69 Å². The normalized spacial score (nSPS) is 14.9. The van der Waals surface area contributed by atoms with Crippen LogP contribution in [0.4, 0.5) is 15.8 Å². The number of benzene rings is 2. The number of non-ortho nitro benzene ring substituents is 1. The number of hydrogen-bond donors (Lipinski definition) is 1. The van der Waals surface area contributed by atoms with Gasteiger partial charge >= 0.3 is 0 Å². The number of rotatable bonds is 10. The lowest BCUT2D eigenvalue weighted by Gasteiger charge is -2.33. The Kier molecular flexibility index (Phi) is 9.42. The molecule has 0 aliphatic heterocycles. The molecule has 0 radical (unpaired) electrons. The molecular formula is C26H33FN4O6S. The van der Waals surface area contributed by atoms with Gasteiger partial charge in [0.1, 0.15) is 18.4 Å². The van der Waals surface area contributed by atoms with Crippen LogP contribution in [-0.2, 0) is 26.2 Å². The Morgan fingerprint density at radius 2 is 1.82 bits per heavy atom. The maximum Gasteiger partial charge on any atom is 0.271 e. The average molecular weight is 549 g/mol. The molecule has 1 fully saturated rings. The molecule has 1 saturated carbocycles. The second kappa shape index (κ2) is 12.3. The van der Waals surface area contributed by atoms with E-state index in [1.807, 2.05) is 0 Å². The molecule has 0 heterocycles. The molecule has 1 atom stereocenters. The summed E-state index contributed by atoms with van der Waals surface area (Å²) in [5, 5.41) is 14.3. The van der Waals surface area contributed by atoms with E-state index in [0.29, 0.717) is 5.56 Å². The van der Waals surface area contributed by atoms with Gasteiger partial charge in [-0.2, -0.15) is 0 Å². The molecule has 1 aliphatic rings. The highest BCUT2D eigenvalue weighted by Gasteiger charge is 2.32. The molecular weight excluding hydrogens is 515 g/mol. The molecule has 0 bridgehead atoms. The van der Waals surface area contributed by atoms with Crippen LogP contribution in [-0.4, -0.2) is 54.9 Å². The lowest BCUT2D eigenvalue weighted by atomic mass is 9.95. The van der Waals surface area contributed by atoms with Gasteiger partial charge in [-0.25, -0.2) is 12.8 Å². The number of carbonyl (C=O) groups excluding carboxylic acids is 2. The van der Waals surface area contributed by atoms with Crippen molar-refractivity contribution in [1.29, 1.82) is 0 Å². The number of sulfonamides is 1. The van der Waals surface area contributed by atoms with Crippen LogP contribution in [0, 0.1) is 22.9 Å². The van der Waals surface area contributed by atoms with Gasteiger partial charge in [0.05, 0.1) is 16.9 Å². The van der Waals surface area contributed by atoms with Crippen LogP contribution in [0.1, 0.15) is 50.2 Å². The second-order valence-electron chi connectivity index (χ2n) is 9.63. The molecule has 1 aliphatic carbocycles. The summed E-state index contributed by atoms with van der Waals surface area (Å²) in [7, 11) is -4.07. The predicted molar refractivity (Wildman–Crippen MR) is 141 cm³/mol. The number of nitro benzene ring substituents is 1. The number of amides is 2. The fraction of sp³-hybridized carbons (Fsp3) is 0.462. The van der Waals surface area contributed by atoms with Gasteiger partial charge in [-0.15, -0.1) is 0 Å². The minimum Gasteiger partial charge on any atom is -0.352 e. The first-order valence-corrected chi connectivity index (χ1v) is 14.3. The Hall–Kier alpha value is -3.54. The Morgan fingerprint density at radius 3 is 2.42 bits per heavy atom. The van der Waals surface area contributed by atoms with E-state index >= 15 is 0 Å². The summed E-state index contributed by atoms with van der Waals surface area (Å²) in [6.45, 7) is 2.09. The van der Waals surface area contributed by atoms with Crippen molar-refractivity contribution in [3.63, 3.8) is 0 Å². The van der Waals surface area contributed by atoms with Crippen molar-refractivity contribution < 1.29 is 27.3 Å². The van der Waals surface area contributed by atoms with Crippen LogP contribution in [0.25, 0.3) is 0 Å². The standard InChI is InChI=1S/C26H33FN4O6S/c1-18-13-14-22(31(34)35)15-24(18)30(38(3,36)37)17-25(32)29(16-20-9-7-8-12-23(20)27)19(2)26(33)28-21-10-5-4-6-11-21/h7-9,12-15,19,21H,4-6,10-11,16-17H2,1-3H3,(H,28,33). The number of nitrogens with zero attached hydrogens (tertiary/aromatic N) is 3. The minimum absolute atomic E-state index is 0.0239. The molecule has 2 aromatic rings. The summed E-state index contributed by atoms with van der Waals surface area (Å²) in [6, 6.07) is 8.49. The number of anilines is 1. The van der Waals surface area contributed by atoms with E-state index in [9.17, 15) is 32.5 Å². The van der Waals surface area contributed by atoms with Crippen molar-refractivity contribution >= 4 is 33.2 Å². The highest BCUT2D eigenvalue weighted by atomic mass is 32.2. The van der Waals surface area contributed by atoms with Crippen LogP contribution in [0.2, 0.25) is 0 Å². The fourth-order valence-corrected chi connectivity index (χ4v) is 5.44. The highest BCUT2D eigenvalue weighted by Crippen LogP contribution is 2.28. The predicted octanol–water partition coefficient (Wildman–Crippen LogP) is 3.67. The molecule has 38 heavy (non-hydrogen) atoms. The quantitative estimate of drug-likeness (QED) is 0.356. The third-order valence-corrected chi connectivity index (χ3v) is 7.90. The summed E-state index contributed by atoms with van der Waals surface area (Å²) in [5.74, 6) is -1.74. The van der Waals surface area contributed by atoms with E-state index in [2.05, 4.69) is 5.32 Å². The molecule has 12 heteroatoms. The monoisotopic (exact) mass is 548 g/mol. The van der Waals surface area contributed by atoms with Crippen LogP contribution < -0.4 is 9.62 Å². The molecule has 2 aromatic carbocycles. The maximum absolute atomic E-state index is 14.5. The zero-order valence-corrected chi connectivity index (χ0v) is 22.5. The van der Waals surface area contributed by atoms with Crippen molar-refractivity contribution in [2.75, 3.05) is 17.1 Å². The molecule has 10 nitrogen and oxygen atoms in total. The van der Waals surface area contributed by atoms with E-state index in [1.54, 1.807) is 13.0 Å². The number of aryl methyl sites for hydroxylation is 1. The number of nitro groups is 1. The summed E-state index contributed by atoms with van der Waals surface area (Å²) in [5.41, 5.74) is 0.198. The lowest BCUT2D eigenvalue weighted by Crippen LogP contribution is -2.53. The van der Waals surface area contributed by atoms with E-state index in [0.717, 1.165) is 53.6 Å². The third-order valence-electron chi connectivity index (χ3n) is 6.77. The van der Waals surface area contributed by atoms with Gasteiger partial charge < -0.3 is 10.2 Å². The van der Waals surface area contributed by atoms with Gasteiger partial charge in [0.2, 0.25) is 21.8 Å². The lowest BCUT2D eigenvalue weighted by molar-refractivity contribution is -0.384. The van der Waals surface area contributed by atoms with Gasteiger partial charge in [0, 0.05) is 30.3 Å². The summed E-state index contributed by atoms with van der Waals surface area (Å²) in [6.07, 6.45) is 5.62. The minimum atomic E-state index is -4.07. The Bertz CT molecular complexity index is 1300. The molecule has 1 unspecified atom stereocenters. The molecule has 0 spiro atoms. The summed E-state index contributed by atoms with van der Waals surface area (Å²) in [4.78, 5) is 38.6. The van der Waals surface area contributed by atoms with E-state index in [-0.39, 0.29) is 29.5 Å². The van der Waals surface area contributed by atoms with Crippen molar-refractivity contribution in [1.82, 2.24) is 10.2 Å². The number of halogens is 1. The van der Waals surface area contributed by atoms with Gasteiger partial charge in [-0.05, 0) is 38.3 Å². The number of carbonyl (C=O) groups is 2. The molecule has 3 rings (SSSR count). The zero-order valence-electron chi connectivity index (χ0n) is 21.7. The van der Waals surface area contributed by atoms with Crippen LogP contribution >= 0.6 is 0 Å². The second-order valence-corrected chi connectivity index (χ2v) is 11.5. The Labute approximate surface area is 222 Å². The molecule has 206 valence electrons. The maximum atomic E-state index is 14.5. The van der Waals surface area contributed by atoms with E-state index in [1.165, 1.54) is 37.3 Å². The molecule has 0 aromatic heterocycles. The van der Waals surface area contributed by atoms with Crippen molar-refractivity contribution in [3.8, 4) is 0 Å². The largest absolute Gasteiger partial charge is 0.352 e. The topological polar surface area (TPSA) is 130 Å². The summed E-state index contributed by atoms with van der Waals surface area (Å²) >= 11 is 0. The Morgan fingerprint density at radius 1 is 1.16 bits per heavy atom. The smallest absolute Gasteiger partial charge is 0.271 e. The fourth-order valence-electron chi connectivity index (χ4n) is 4.54. The first-order chi connectivity index (χ1) is 17.9. The zero-order chi connectivity index (χ0) is 28.0. The van der Waals surface area contributed by atoms with Crippen molar-refractivity contribution in [3.05, 3.63) is 69.5 Å². The summed E-state index contributed by atoms with van der Waals surface area (Å²) < 4.78 is 40.8. The van der Waals surface area contributed by atoms with Crippen molar-refractivity contribution in [2.24, 2.45) is 0 Å². The molecule has 2 amide bonds. The highest BCUT2D eigenvalue weighted by molar-refractivity contribution is 7.92. The van der Waals surface area contributed by atoms with Crippen LogP contribution in [0.5, 0.6) is 0 Å². The van der Waals surface area contributed by atoms with Crippen LogP contribution in [0.3, 0.4) is 0 Å². The number of hydrogen-bond acceptors (Lipinski definition) is 6. The van der Waals surface area contributed by atoms with E-state index in [4.69, 9.17) is 0 Å². The first kappa shape index (κ1) is 29.0. The SMILES string of the molecule is Cc1ccc([N+](=O)[O-])cc1N(CC(=O)N(Cc1ccccc1F)C(C)C(=O)NC1CCCCC1)S(C)(=O)=O. The van der Waals surface area contributed by atoms with Gasteiger partial charge in [-0.3, -0.25) is 24.0 Å². The van der Waals surface area contributed by atoms with Gasteiger partial charge in [-0.1, -0.05) is 43.5 Å². The average Bonchev–Trinajstić information content (AvgIpc) is 2.86. The van der Waals surface area contributed by atoms with Crippen molar-refractivity contribution in [2.45, 2.75) is 64.6 Å². The van der Waals surface area contributed by atoms with Gasteiger partial charge in [0.15, 0.2) is 0 Å². The first-order valence-electron chi connectivity index (χ1n) is 12.4. The number of nitrogens with one attached hydrogen (secondary N) is 1. The Balaban J connectivity index is 1.94. The van der Waals surface area contributed by atoms with E-state index < -0.39 is 45.2 Å². The van der Waals surface area contributed by atoms with Crippen LogP contribution in [0.15, 0.2) is 42.5 Å². The molecule has 1 N–H and O–H groups in total. The third kappa shape index (κ3) is 7.27.